The van der Waals surface area contributed by atoms with Crippen molar-refractivity contribution < 1.29 is 4.39 Å². The lowest BCUT2D eigenvalue weighted by Gasteiger charge is -2.15. The molecule has 0 aliphatic heterocycles. The van der Waals surface area contributed by atoms with Crippen LogP contribution in [0.25, 0.3) is 0 Å². The lowest BCUT2D eigenvalue weighted by Crippen LogP contribution is -2.23. The van der Waals surface area contributed by atoms with Crippen LogP contribution in [0.4, 0.5) is 4.39 Å². The molecule has 0 spiro atoms. The summed E-state index contributed by atoms with van der Waals surface area (Å²) in [7, 11) is 1.91. The number of nitrogens with one attached hydrogen (secondary N) is 1. The fraction of sp³-hybridized carbons (Fsp3) is 0.385. The maximum Gasteiger partial charge on any atom is 0.133 e. The largest absolute Gasteiger partial charge is 0.321 e. The van der Waals surface area contributed by atoms with Crippen molar-refractivity contribution >= 4 is 15.9 Å². The summed E-state index contributed by atoms with van der Waals surface area (Å²) in [6.45, 7) is 2.67. The van der Waals surface area contributed by atoms with E-state index >= 15 is 0 Å². The molecule has 0 amide bonds. The highest BCUT2D eigenvalue weighted by Crippen LogP contribution is 2.20. The molecule has 6 heteroatoms. The second kappa shape index (κ2) is 6.25. The first-order valence-corrected chi connectivity index (χ1v) is 6.88. The van der Waals surface area contributed by atoms with Crippen LogP contribution < -0.4 is 5.32 Å². The topological polar surface area (TPSA) is 42.7 Å². The lowest BCUT2D eigenvalue weighted by atomic mass is 10.1. The fourth-order valence-electron chi connectivity index (χ4n) is 1.90. The highest BCUT2D eigenvalue weighted by atomic mass is 79.9. The number of nitrogens with zero attached hydrogens (tertiary/aromatic N) is 3. The minimum Gasteiger partial charge on any atom is -0.321 e. The number of aromatic nitrogens is 3. The van der Waals surface area contributed by atoms with E-state index in [1.165, 1.54) is 6.07 Å². The van der Waals surface area contributed by atoms with Crippen molar-refractivity contribution in [1.82, 2.24) is 20.1 Å². The summed E-state index contributed by atoms with van der Waals surface area (Å²) < 4.78 is 16.4. The highest BCUT2D eigenvalue weighted by molar-refractivity contribution is 9.10. The first-order valence-electron chi connectivity index (χ1n) is 6.09. The van der Waals surface area contributed by atoms with Crippen LogP contribution in [0.5, 0.6) is 0 Å². The van der Waals surface area contributed by atoms with Crippen LogP contribution in [-0.2, 0) is 13.5 Å². The molecule has 0 saturated carbocycles. The van der Waals surface area contributed by atoms with Gasteiger partial charge in [-0.2, -0.15) is 0 Å². The highest BCUT2D eigenvalue weighted by Gasteiger charge is 2.11. The SMILES string of the molecule is CC(NCCc1nncn1C)c1ccc(Br)cc1F. The van der Waals surface area contributed by atoms with Gasteiger partial charge in [0.1, 0.15) is 18.0 Å². The van der Waals surface area contributed by atoms with Gasteiger partial charge in [0.2, 0.25) is 0 Å². The molecule has 19 heavy (non-hydrogen) atoms. The smallest absolute Gasteiger partial charge is 0.133 e. The Labute approximate surface area is 120 Å². The predicted octanol–water partition coefficient (Wildman–Crippen LogP) is 2.61. The number of aryl methyl sites for hydroxylation is 1. The third-order valence-electron chi connectivity index (χ3n) is 3.03. The van der Waals surface area contributed by atoms with Gasteiger partial charge in [0.25, 0.3) is 0 Å². The second-order valence-corrected chi connectivity index (χ2v) is 5.37. The maximum atomic E-state index is 13.8. The number of benzene rings is 1. The molecule has 1 heterocycles. The molecular weight excluding hydrogens is 311 g/mol. The summed E-state index contributed by atoms with van der Waals surface area (Å²) in [5, 5.41) is 11.1. The van der Waals surface area contributed by atoms with Gasteiger partial charge in [0.15, 0.2) is 0 Å². The molecule has 0 aliphatic rings. The molecule has 1 N–H and O–H groups in total. The van der Waals surface area contributed by atoms with Crippen molar-refractivity contribution in [2.75, 3.05) is 6.54 Å². The van der Waals surface area contributed by atoms with Crippen molar-refractivity contribution in [2.24, 2.45) is 7.05 Å². The Bertz CT molecular complexity index is 555. The average molecular weight is 327 g/mol. The van der Waals surface area contributed by atoms with E-state index in [2.05, 4.69) is 31.4 Å². The summed E-state index contributed by atoms with van der Waals surface area (Å²) in [5.41, 5.74) is 0.668. The van der Waals surface area contributed by atoms with E-state index < -0.39 is 0 Å². The Balaban J connectivity index is 1.91. The lowest BCUT2D eigenvalue weighted by molar-refractivity contribution is 0.525. The Hall–Kier alpha value is -1.27. The van der Waals surface area contributed by atoms with Gasteiger partial charge in [-0.3, -0.25) is 0 Å². The normalized spacial score (nSPS) is 12.6. The Kier molecular flexibility index (Phi) is 4.66. The Morgan fingerprint density at radius 3 is 2.89 bits per heavy atom. The molecular formula is C13H16BrFN4. The molecule has 0 radical (unpaired) electrons. The van der Waals surface area contributed by atoms with E-state index in [1.54, 1.807) is 12.4 Å². The number of rotatable bonds is 5. The quantitative estimate of drug-likeness (QED) is 0.918. The molecule has 1 aromatic heterocycles. The zero-order chi connectivity index (χ0) is 13.8. The Morgan fingerprint density at radius 2 is 2.26 bits per heavy atom. The molecule has 2 rings (SSSR count). The summed E-state index contributed by atoms with van der Waals surface area (Å²) in [6.07, 6.45) is 2.44. The molecule has 1 unspecified atom stereocenters. The van der Waals surface area contributed by atoms with Gasteiger partial charge in [0, 0.05) is 36.1 Å². The summed E-state index contributed by atoms with van der Waals surface area (Å²) in [5.74, 6) is 0.712. The standard InChI is InChI=1S/C13H16BrFN4/c1-9(11-4-3-10(14)7-12(11)15)16-6-5-13-18-17-8-19(13)2/h3-4,7-9,16H,5-6H2,1-2H3. The second-order valence-electron chi connectivity index (χ2n) is 4.45. The number of hydrogen-bond acceptors (Lipinski definition) is 3. The number of hydrogen-bond donors (Lipinski definition) is 1. The zero-order valence-electron chi connectivity index (χ0n) is 10.9. The Morgan fingerprint density at radius 1 is 1.47 bits per heavy atom. The minimum atomic E-state index is -0.201. The van der Waals surface area contributed by atoms with Crippen molar-refractivity contribution in [3.05, 3.63) is 46.2 Å². The van der Waals surface area contributed by atoms with Crippen molar-refractivity contribution in [2.45, 2.75) is 19.4 Å². The van der Waals surface area contributed by atoms with Gasteiger partial charge in [-0.1, -0.05) is 22.0 Å². The number of halogens is 2. The van der Waals surface area contributed by atoms with E-state index in [4.69, 9.17) is 0 Å². The minimum absolute atomic E-state index is 0.0404. The molecule has 2 aromatic rings. The van der Waals surface area contributed by atoms with Crippen molar-refractivity contribution in [3.8, 4) is 0 Å². The third-order valence-corrected chi connectivity index (χ3v) is 3.53. The van der Waals surface area contributed by atoms with Crippen molar-refractivity contribution in [3.63, 3.8) is 0 Å². The molecule has 0 aliphatic carbocycles. The van der Waals surface area contributed by atoms with Crippen LogP contribution in [0, 0.1) is 5.82 Å². The fourth-order valence-corrected chi connectivity index (χ4v) is 2.23. The molecule has 0 saturated heterocycles. The van der Waals surface area contributed by atoms with Gasteiger partial charge in [0.05, 0.1) is 0 Å². The summed E-state index contributed by atoms with van der Waals surface area (Å²) in [6, 6.07) is 5.08. The van der Waals surface area contributed by atoms with E-state index in [0.717, 1.165) is 23.3 Å². The van der Waals surface area contributed by atoms with Crippen LogP contribution in [-0.4, -0.2) is 21.3 Å². The monoisotopic (exact) mass is 326 g/mol. The van der Waals surface area contributed by atoms with Crippen LogP contribution >= 0.6 is 15.9 Å². The molecule has 1 aromatic carbocycles. The molecule has 102 valence electrons. The molecule has 0 bridgehead atoms. The third kappa shape index (κ3) is 3.61. The van der Waals surface area contributed by atoms with E-state index in [0.29, 0.717) is 5.56 Å². The first kappa shape index (κ1) is 14.1. The van der Waals surface area contributed by atoms with Gasteiger partial charge in [-0.05, 0) is 19.1 Å². The van der Waals surface area contributed by atoms with Gasteiger partial charge < -0.3 is 9.88 Å². The zero-order valence-corrected chi connectivity index (χ0v) is 12.5. The van der Waals surface area contributed by atoms with Crippen LogP contribution in [0.3, 0.4) is 0 Å². The van der Waals surface area contributed by atoms with Crippen LogP contribution in [0.1, 0.15) is 24.4 Å². The summed E-state index contributed by atoms with van der Waals surface area (Å²) >= 11 is 3.25. The molecule has 4 nitrogen and oxygen atoms in total. The first-order chi connectivity index (χ1) is 9.08. The van der Waals surface area contributed by atoms with Crippen LogP contribution in [0.2, 0.25) is 0 Å². The van der Waals surface area contributed by atoms with Gasteiger partial charge in [-0.25, -0.2) is 4.39 Å². The van der Waals surface area contributed by atoms with Gasteiger partial charge >= 0.3 is 0 Å². The van der Waals surface area contributed by atoms with Gasteiger partial charge in [-0.15, -0.1) is 10.2 Å². The molecule has 0 fully saturated rings. The van der Waals surface area contributed by atoms with Crippen molar-refractivity contribution in [1.29, 1.82) is 0 Å². The summed E-state index contributed by atoms with van der Waals surface area (Å²) in [4.78, 5) is 0. The van der Waals surface area contributed by atoms with E-state index in [1.807, 2.05) is 24.6 Å². The van der Waals surface area contributed by atoms with E-state index in [-0.39, 0.29) is 11.9 Å². The average Bonchev–Trinajstić information content (AvgIpc) is 2.75. The predicted molar refractivity (Wildman–Crippen MR) is 75.2 cm³/mol. The molecule has 1 atom stereocenters. The maximum absolute atomic E-state index is 13.8. The van der Waals surface area contributed by atoms with E-state index in [9.17, 15) is 4.39 Å². The van der Waals surface area contributed by atoms with Crippen LogP contribution in [0.15, 0.2) is 29.0 Å².